The molecule has 2 aromatic heterocycles. The highest BCUT2D eigenvalue weighted by molar-refractivity contribution is 6.31. The van der Waals surface area contributed by atoms with E-state index in [0.717, 1.165) is 5.65 Å². The van der Waals surface area contributed by atoms with Crippen molar-refractivity contribution < 1.29 is 9.90 Å². The van der Waals surface area contributed by atoms with E-state index in [1.165, 1.54) is 6.08 Å². The molecule has 0 aliphatic rings. The van der Waals surface area contributed by atoms with Gasteiger partial charge in [0.25, 0.3) is 0 Å². The Morgan fingerprint density at radius 2 is 2.27 bits per heavy atom. The van der Waals surface area contributed by atoms with Gasteiger partial charge in [-0.15, -0.1) is 0 Å². The zero-order valence-corrected chi connectivity index (χ0v) is 13.4. The molecule has 0 spiro atoms. The van der Waals surface area contributed by atoms with Gasteiger partial charge in [-0.3, -0.25) is 9.20 Å². The van der Waals surface area contributed by atoms with Gasteiger partial charge in [-0.1, -0.05) is 31.5 Å². The van der Waals surface area contributed by atoms with E-state index in [9.17, 15) is 4.79 Å². The zero-order valence-electron chi connectivity index (χ0n) is 12.7. The second kappa shape index (κ2) is 7.42. The van der Waals surface area contributed by atoms with Crippen molar-refractivity contribution in [3.05, 3.63) is 41.3 Å². The maximum absolute atomic E-state index is 12.0. The van der Waals surface area contributed by atoms with Crippen LogP contribution in [0.3, 0.4) is 0 Å². The average Bonchev–Trinajstić information content (AvgIpc) is 2.80. The predicted molar refractivity (Wildman–Crippen MR) is 87.7 cm³/mol. The molecule has 0 radical (unpaired) electrons. The number of pyridine rings is 1. The summed E-state index contributed by atoms with van der Waals surface area (Å²) in [5.41, 5.74) is 1.39. The minimum Gasteiger partial charge on any atom is -0.396 e. The van der Waals surface area contributed by atoms with Crippen LogP contribution in [0.4, 0.5) is 0 Å². The first-order chi connectivity index (χ1) is 10.5. The van der Waals surface area contributed by atoms with Crippen LogP contribution < -0.4 is 5.32 Å². The highest BCUT2D eigenvalue weighted by Gasteiger charge is 2.14. The van der Waals surface area contributed by atoms with Gasteiger partial charge in [0.05, 0.1) is 5.69 Å². The van der Waals surface area contributed by atoms with Gasteiger partial charge in [0.1, 0.15) is 5.65 Å². The van der Waals surface area contributed by atoms with Gasteiger partial charge in [-0.2, -0.15) is 0 Å². The number of nitrogens with one attached hydrogen (secondary N) is 1. The van der Waals surface area contributed by atoms with Crippen molar-refractivity contribution >= 4 is 29.2 Å². The first-order valence-corrected chi connectivity index (χ1v) is 7.62. The van der Waals surface area contributed by atoms with Crippen LogP contribution in [0.2, 0.25) is 5.15 Å². The molecule has 0 aliphatic heterocycles. The molecule has 0 aliphatic carbocycles. The van der Waals surface area contributed by atoms with Crippen LogP contribution in [0.5, 0.6) is 0 Å². The molecule has 0 saturated carbocycles. The van der Waals surface area contributed by atoms with Gasteiger partial charge in [0.2, 0.25) is 5.91 Å². The number of amides is 1. The lowest BCUT2D eigenvalue weighted by atomic mass is 10.0. The van der Waals surface area contributed by atoms with E-state index in [2.05, 4.69) is 10.3 Å². The van der Waals surface area contributed by atoms with Crippen LogP contribution in [0.1, 0.15) is 26.0 Å². The number of fused-ring (bicyclic) bond motifs is 1. The van der Waals surface area contributed by atoms with E-state index >= 15 is 0 Å². The quantitative estimate of drug-likeness (QED) is 0.803. The topological polar surface area (TPSA) is 66.6 Å². The Bertz CT molecular complexity index is 679. The highest BCUT2D eigenvalue weighted by Crippen LogP contribution is 2.18. The number of carbonyl (C=O) groups is 1. The van der Waals surface area contributed by atoms with Gasteiger partial charge >= 0.3 is 0 Å². The fraction of sp³-hybridized carbons (Fsp3) is 0.375. The fourth-order valence-corrected chi connectivity index (χ4v) is 2.47. The SMILES string of the molecule is CC(C)C(CCO)NC(=O)/C=C/c1c(Cl)nc2ccccn12. The summed E-state index contributed by atoms with van der Waals surface area (Å²) in [6.07, 6.45) is 5.46. The van der Waals surface area contributed by atoms with Gasteiger partial charge < -0.3 is 10.4 Å². The molecule has 0 saturated heterocycles. The van der Waals surface area contributed by atoms with Crippen molar-refractivity contribution in [2.24, 2.45) is 5.92 Å². The lowest BCUT2D eigenvalue weighted by Gasteiger charge is -2.20. The Balaban J connectivity index is 2.13. The molecular weight excluding hydrogens is 302 g/mol. The second-order valence-corrected chi connectivity index (χ2v) is 5.78. The summed E-state index contributed by atoms with van der Waals surface area (Å²) in [6.45, 7) is 4.06. The molecule has 118 valence electrons. The summed E-state index contributed by atoms with van der Waals surface area (Å²) < 4.78 is 1.82. The summed E-state index contributed by atoms with van der Waals surface area (Å²) in [7, 11) is 0. The molecule has 1 amide bonds. The molecule has 2 heterocycles. The predicted octanol–water partition coefficient (Wildman–Crippen LogP) is 2.52. The number of aliphatic hydroxyl groups excluding tert-OH is 1. The number of nitrogens with zero attached hydrogens (tertiary/aromatic N) is 2. The monoisotopic (exact) mass is 321 g/mol. The van der Waals surface area contributed by atoms with Crippen LogP contribution in [0.25, 0.3) is 11.7 Å². The number of aliphatic hydroxyl groups is 1. The molecule has 22 heavy (non-hydrogen) atoms. The Kier molecular flexibility index (Phi) is 5.57. The van der Waals surface area contributed by atoms with Crippen molar-refractivity contribution in [3.63, 3.8) is 0 Å². The molecule has 0 fully saturated rings. The van der Waals surface area contributed by atoms with E-state index in [0.29, 0.717) is 17.3 Å². The van der Waals surface area contributed by atoms with Crippen molar-refractivity contribution in [2.45, 2.75) is 26.3 Å². The van der Waals surface area contributed by atoms with Crippen LogP contribution >= 0.6 is 11.6 Å². The summed E-state index contributed by atoms with van der Waals surface area (Å²) in [6, 6.07) is 5.54. The lowest BCUT2D eigenvalue weighted by molar-refractivity contribution is -0.117. The highest BCUT2D eigenvalue weighted by atomic mass is 35.5. The number of imidazole rings is 1. The molecular formula is C16H20ClN3O2. The molecule has 0 bridgehead atoms. The Morgan fingerprint density at radius 3 is 2.95 bits per heavy atom. The van der Waals surface area contributed by atoms with Gasteiger partial charge in [0, 0.05) is 24.9 Å². The number of aromatic nitrogens is 2. The van der Waals surface area contributed by atoms with Crippen molar-refractivity contribution in [1.82, 2.24) is 14.7 Å². The largest absolute Gasteiger partial charge is 0.396 e. The number of hydrogen-bond acceptors (Lipinski definition) is 3. The molecule has 0 aromatic carbocycles. The minimum atomic E-state index is -0.214. The molecule has 2 N–H and O–H groups in total. The van der Waals surface area contributed by atoms with Crippen LogP contribution in [-0.2, 0) is 4.79 Å². The van der Waals surface area contributed by atoms with E-state index in [-0.39, 0.29) is 24.5 Å². The lowest BCUT2D eigenvalue weighted by Crippen LogP contribution is -2.38. The maximum Gasteiger partial charge on any atom is 0.244 e. The summed E-state index contributed by atoms with van der Waals surface area (Å²) in [5, 5.41) is 12.3. The van der Waals surface area contributed by atoms with Gasteiger partial charge in [0.15, 0.2) is 5.15 Å². The molecule has 2 aromatic rings. The number of carbonyl (C=O) groups excluding carboxylic acids is 1. The third-order valence-electron chi connectivity index (χ3n) is 3.49. The first-order valence-electron chi connectivity index (χ1n) is 7.25. The Labute approximate surface area is 134 Å². The zero-order chi connectivity index (χ0) is 16.1. The third kappa shape index (κ3) is 3.87. The van der Waals surface area contributed by atoms with Crippen molar-refractivity contribution in [2.75, 3.05) is 6.61 Å². The summed E-state index contributed by atoms with van der Waals surface area (Å²) >= 11 is 6.11. The van der Waals surface area contributed by atoms with E-state index in [1.807, 2.05) is 42.6 Å². The van der Waals surface area contributed by atoms with Crippen LogP contribution in [-0.4, -0.2) is 33.0 Å². The first kappa shape index (κ1) is 16.5. The van der Waals surface area contributed by atoms with Crippen LogP contribution in [0.15, 0.2) is 30.5 Å². The molecule has 6 heteroatoms. The molecule has 2 rings (SSSR count). The second-order valence-electron chi connectivity index (χ2n) is 5.42. The van der Waals surface area contributed by atoms with Gasteiger partial charge in [-0.25, -0.2) is 4.98 Å². The molecule has 1 unspecified atom stereocenters. The number of hydrogen-bond donors (Lipinski definition) is 2. The standard InChI is InChI=1S/C16H20ClN3O2/c1-11(2)12(8-10-21)18-15(22)7-6-13-16(17)19-14-5-3-4-9-20(13)14/h3-7,9,11-12,21H,8,10H2,1-2H3,(H,18,22)/b7-6+. The van der Waals surface area contributed by atoms with Crippen LogP contribution in [0, 0.1) is 5.92 Å². The number of halogens is 1. The maximum atomic E-state index is 12.0. The van der Waals surface area contributed by atoms with E-state index < -0.39 is 0 Å². The molecule has 1 atom stereocenters. The van der Waals surface area contributed by atoms with Gasteiger partial charge in [-0.05, 0) is 30.5 Å². The summed E-state index contributed by atoms with van der Waals surface area (Å²) in [4.78, 5) is 16.2. The normalized spacial score (nSPS) is 13.1. The average molecular weight is 322 g/mol. The smallest absolute Gasteiger partial charge is 0.244 e. The molecule has 5 nitrogen and oxygen atoms in total. The van der Waals surface area contributed by atoms with E-state index in [1.54, 1.807) is 6.08 Å². The Morgan fingerprint density at radius 1 is 1.50 bits per heavy atom. The number of rotatable bonds is 6. The van der Waals surface area contributed by atoms with Crippen molar-refractivity contribution in [1.29, 1.82) is 0 Å². The minimum absolute atomic E-state index is 0.0475. The summed E-state index contributed by atoms with van der Waals surface area (Å²) in [5.74, 6) is 0.0398. The van der Waals surface area contributed by atoms with Crippen molar-refractivity contribution in [3.8, 4) is 0 Å². The third-order valence-corrected chi connectivity index (χ3v) is 3.77. The van der Waals surface area contributed by atoms with E-state index in [4.69, 9.17) is 16.7 Å². The Hall–Kier alpha value is -1.85. The fourth-order valence-electron chi connectivity index (χ4n) is 2.23.